The lowest BCUT2D eigenvalue weighted by molar-refractivity contribution is 0.0815. The van der Waals surface area contributed by atoms with Gasteiger partial charge in [-0.15, -0.1) is 22.7 Å². The van der Waals surface area contributed by atoms with Gasteiger partial charge in [-0.05, 0) is 33.3 Å². The van der Waals surface area contributed by atoms with E-state index in [1.54, 1.807) is 22.7 Å². The molecule has 0 radical (unpaired) electrons. The summed E-state index contributed by atoms with van der Waals surface area (Å²) in [6, 6.07) is 0. The molecule has 0 saturated carbocycles. The van der Waals surface area contributed by atoms with Crippen LogP contribution in [0.25, 0.3) is 10.4 Å². The van der Waals surface area contributed by atoms with Crippen LogP contribution in [0.3, 0.4) is 0 Å². The summed E-state index contributed by atoms with van der Waals surface area (Å²) in [6.07, 6.45) is 0. The minimum Gasteiger partial charge on any atom is -0.285 e. The number of hydrogen-bond acceptors (Lipinski definition) is 4. The number of Topliss-reactive ketones (excluding diaryl/α,β-unsaturated/α-hetero) is 2. The molecule has 0 aliphatic heterocycles. The molecule has 2 heterocycles. The van der Waals surface area contributed by atoms with E-state index < -0.39 is 0 Å². The standard InChI is InChI=1S/C14H12O2S2/c1-5-6(2)18-14-9(5)12(15)13(16)10-7(3)17-8(4)11(10)14/h1-4H3. The molecule has 0 aromatic carbocycles. The zero-order valence-electron chi connectivity index (χ0n) is 10.6. The molecule has 2 aromatic rings. The van der Waals surface area contributed by atoms with E-state index in [4.69, 9.17) is 0 Å². The molecule has 0 atom stereocenters. The van der Waals surface area contributed by atoms with Gasteiger partial charge < -0.3 is 0 Å². The van der Waals surface area contributed by atoms with Gasteiger partial charge in [0.15, 0.2) is 0 Å². The van der Waals surface area contributed by atoms with E-state index >= 15 is 0 Å². The SMILES string of the molecule is Cc1sc2c(c1C)C(=O)C(=O)c1c(C)sc(C)c1-2. The number of fused-ring (bicyclic) bond motifs is 3. The van der Waals surface area contributed by atoms with Crippen LogP contribution in [0.2, 0.25) is 0 Å². The van der Waals surface area contributed by atoms with E-state index in [1.165, 1.54) is 0 Å². The fraction of sp³-hybridized carbons (Fsp3) is 0.286. The summed E-state index contributed by atoms with van der Waals surface area (Å²) in [7, 11) is 0. The van der Waals surface area contributed by atoms with Gasteiger partial charge in [-0.1, -0.05) is 0 Å². The van der Waals surface area contributed by atoms with E-state index in [2.05, 4.69) is 0 Å². The fourth-order valence-electron chi connectivity index (χ4n) is 2.53. The fourth-order valence-corrected chi connectivity index (χ4v) is 4.93. The lowest BCUT2D eigenvalue weighted by Gasteiger charge is -2.12. The molecule has 0 N–H and O–H groups in total. The minimum atomic E-state index is -0.333. The maximum absolute atomic E-state index is 12.2. The van der Waals surface area contributed by atoms with Crippen LogP contribution in [0.5, 0.6) is 0 Å². The summed E-state index contributed by atoms with van der Waals surface area (Å²) in [5.74, 6) is -0.666. The van der Waals surface area contributed by atoms with Crippen LogP contribution in [-0.4, -0.2) is 11.6 Å². The maximum atomic E-state index is 12.2. The molecular weight excluding hydrogens is 264 g/mol. The molecule has 0 unspecified atom stereocenters. The first-order chi connectivity index (χ1) is 8.43. The second kappa shape index (κ2) is 3.62. The van der Waals surface area contributed by atoms with E-state index in [-0.39, 0.29) is 11.6 Å². The molecule has 0 amide bonds. The predicted octanol–water partition coefficient (Wildman–Crippen LogP) is 4.09. The average molecular weight is 276 g/mol. The number of rotatable bonds is 0. The van der Waals surface area contributed by atoms with Crippen LogP contribution in [0.4, 0.5) is 0 Å². The van der Waals surface area contributed by atoms with Crippen molar-refractivity contribution in [2.75, 3.05) is 0 Å². The predicted molar refractivity (Wildman–Crippen MR) is 75.2 cm³/mol. The highest BCUT2D eigenvalue weighted by molar-refractivity contribution is 7.18. The van der Waals surface area contributed by atoms with Crippen molar-refractivity contribution in [3.63, 3.8) is 0 Å². The van der Waals surface area contributed by atoms with Gasteiger partial charge in [0, 0.05) is 36.2 Å². The molecule has 3 rings (SSSR count). The van der Waals surface area contributed by atoms with Crippen LogP contribution < -0.4 is 0 Å². The van der Waals surface area contributed by atoms with Gasteiger partial charge in [-0.2, -0.15) is 0 Å². The number of carbonyl (C=O) groups excluding carboxylic acids is 2. The Bertz CT molecular complexity index is 711. The molecule has 2 nitrogen and oxygen atoms in total. The van der Waals surface area contributed by atoms with Crippen LogP contribution in [0, 0.1) is 27.7 Å². The molecule has 0 bridgehead atoms. The number of thiophene rings is 2. The molecule has 92 valence electrons. The van der Waals surface area contributed by atoms with Crippen molar-refractivity contribution in [2.45, 2.75) is 27.7 Å². The van der Waals surface area contributed by atoms with Gasteiger partial charge in [-0.3, -0.25) is 9.59 Å². The van der Waals surface area contributed by atoms with E-state index in [0.29, 0.717) is 11.1 Å². The number of ketones is 2. The third kappa shape index (κ3) is 1.27. The Morgan fingerprint density at radius 1 is 0.667 bits per heavy atom. The lowest BCUT2D eigenvalue weighted by atomic mass is 9.88. The second-order valence-corrected chi connectivity index (χ2v) is 7.26. The van der Waals surface area contributed by atoms with Crippen molar-refractivity contribution in [3.8, 4) is 10.4 Å². The monoisotopic (exact) mass is 276 g/mol. The third-order valence-corrected chi connectivity index (χ3v) is 5.78. The van der Waals surface area contributed by atoms with Crippen molar-refractivity contribution in [1.82, 2.24) is 0 Å². The highest BCUT2D eigenvalue weighted by atomic mass is 32.1. The highest BCUT2D eigenvalue weighted by Crippen LogP contribution is 2.46. The summed E-state index contributed by atoms with van der Waals surface area (Å²) in [5, 5.41) is 0. The molecule has 0 fully saturated rings. The van der Waals surface area contributed by atoms with Gasteiger partial charge in [0.25, 0.3) is 0 Å². The minimum absolute atomic E-state index is 0.333. The molecule has 2 aromatic heterocycles. The Morgan fingerprint density at radius 3 is 1.89 bits per heavy atom. The molecule has 0 saturated heterocycles. The summed E-state index contributed by atoms with van der Waals surface area (Å²) in [5.41, 5.74) is 3.23. The second-order valence-electron chi connectivity index (χ2n) is 4.61. The number of aryl methyl sites for hydroxylation is 3. The van der Waals surface area contributed by atoms with Crippen molar-refractivity contribution in [1.29, 1.82) is 0 Å². The Balaban J connectivity index is 2.48. The maximum Gasteiger partial charge on any atom is 0.235 e. The van der Waals surface area contributed by atoms with Gasteiger partial charge in [0.2, 0.25) is 11.6 Å². The molecule has 1 aliphatic carbocycles. The largest absolute Gasteiger partial charge is 0.285 e. The van der Waals surface area contributed by atoms with Gasteiger partial charge in [-0.25, -0.2) is 0 Å². The third-order valence-electron chi connectivity index (χ3n) is 3.53. The highest BCUT2D eigenvalue weighted by Gasteiger charge is 2.37. The van der Waals surface area contributed by atoms with Crippen molar-refractivity contribution in [2.24, 2.45) is 0 Å². The van der Waals surface area contributed by atoms with Crippen molar-refractivity contribution in [3.05, 3.63) is 31.3 Å². The molecule has 18 heavy (non-hydrogen) atoms. The summed E-state index contributed by atoms with van der Waals surface area (Å²) >= 11 is 3.23. The molecular formula is C14H12O2S2. The van der Waals surface area contributed by atoms with Crippen LogP contribution in [-0.2, 0) is 0 Å². The Hall–Kier alpha value is -1.26. The van der Waals surface area contributed by atoms with Gasteiger partial charge in [0.1, 0.15) is 0 Å². The quantitative estimate of drug-likeness (QED) is 0.679. The molecule has 4 heteroatoms. The summed E-state index contributed by atoms with van der Waals surface area (Å²) in [4.78, 5) is 28.7. The smallest absolute Gasteiger partial charge is 0.235 e. The zero-order valence-corrected chi connectivity index (χ0v) is 12.3. The van der Waals surface area contributed by atoms with Crippen molar-refractivity contribution >= 4 is 34.2 Å². The van der Waals surface area contributed by atoms with Gasteiger partial charge >= 0.3 is 0 Å². The normalized spacial score (nSPS) is 13.8. The first kappa shape index (κ1) is 11.8. The Morgan fingerprint density at radius 2 is 1.22 bits per heavy atom. The summed E-state index contributed by atoms with van der Waals surface area (Å²) in [6.45, 7) is 7.87. The van der Waals surface area contributed by atoms with Crippen molar-refractivity contribution < 1.29 is 9.59 Å². The van der Waals surface area contributed by atoms with E-state index in [9.17, 15) is 9.59 Å². The topological polar surface area (TPSA) is 34.1 Å². The van der Waals surface area contributed by atoms with Crippen LogP contribution in [0.1, 0.15) is 40.9 Å². The van der Waals surface area contributed by atoms with E-state index in [1.807, 2.05) is 27.7 Å². The van der Waals surface area contributed by atoms with Gasteiger partial charge in [0.05, 0.1) is 0 Å². The molecule has 1 aliphatic rings. The van der Waals surface area contributed by atoms with Crippen LogP contribution >= 0.6 is 22.7 Å². The first-order valence-corrected chi connectivity index (χ1v) is 7.36. The summed E-state index contributed by atoms with van der Waals surface area (Å²) < 4.78 is 0. The average Bonchev–Trinajstić information content (AvgIpc) is 2.75. The lowest BCUT2D eigenvalue weighted by Crippen LogP contribution is -2.20. The zero-order chi connectivity index (χ0) is 13.2. The number of carbonyl (C=O) groups is 2. The Kier molecular flexibility index (Phi) is 2.37. The van der Waals surface area contributed by atoms with Crippen LogP contribution in [0.15, 0.2) is 0 Å². The van der Waals surface area contributed by atoms with E-state index in [0.717, 1.165) is 30.6 Å². The molecule has 0 spiro atoms. The number of hydrogen-bond donors (Lipinski definition) is 0. The first-order valence-electron chi connectivity index (χ1n) is 5.72. The Labute approximate surface area is 113 Å².